The number of aromatic nitrogens is 6. The molecule has 2 aliphatic heterocycles. The van der Waals surface area contributed by atoms with E-state index in [2.05, 4.69) is 30.4 Å². The Kier molecular flexibility index (Phi) is 7.28. The van der Waals surface area contributed by atoms with Crippen LogP contribution in [-0.2, 0) is 11.3 Å². The lowest BCUT2D eigenvalue weighted by atomic mass is 10.0. The molecule has 3 aromatic heterocycles. The standard InChI is InChI=1S/C31H30N10O3/c32-29-27-28(20-6-9-24(10-7-20)44-23-4-2-1-3-5-23)38-41(30(27)34-19-33-29)22-12-15-39(16-13-22)18-21-8-11-25(37-36-21)40-17-14-26(42)35-31(40)43/h1-11,19,22H,12-18H2,(H2,32,33,34)(H,35,42,43). The van der Waals surface area contributed by atoms with Gasteiger partial charge >= 0.3 is 6.03 Å². The van der Waals surface area contributed by atoms with Gasteiger partial charge in [0.25, 0.3) is 0 Å². The monoisotopic (exact) mass is 590 g/mol. The number of anilines is 2. The first kappa shape index (κ1) is 27.4. The van der Waals surface area contributed by atoms with E-state index in [0.29, 0.717) is 24.7 Å². The van der Waals surface area contributed by atoms with E-state index in [4.69, 9.17) is 15.6 Å². The number of carbonyl (C=O) groups excluding carboxylic acids is 2. The summed E-state index contributed by atoms with van der Waals surface area (Å²) in [5.41, 5.74) is 9.54. The number of ether oxygens (including phenoxy) is 1. The fraction of sp³-hybridized carbons (Fsp3) is 0.258. The number of nitrogens with zero attached hydrogens (tertiary/aromatic N) is 8. The fourth-order valence-electron chi connectivity index (χ4n) is 5.67. The number of fused-ring (bicyclic) bond motifs is 1. The lowest BCUT2D eigenvalue weighted by molar-refractivity contribution is -0.120. The van der Waals surface area contributed by atoms with Gasteiger partial charge in [0.1, 0.15) is 29.3 Å². The molecule has 0 unspecified atom stereocenters. The predicted molar refractivity (Wildman–Crippen MR) is 163 cm³/mol. The lowest BCUT2D eigenvalue weighted by Crippen LogP contribution is -2.50. The van der Waals surface area contributed by atoms with Gasteiger partial charge in [-0.05, 0) is 61.4 Å². The molecule has 2 aliphatic rings. The molecule has 2 aromatic carbocycles. The first-order valence-corrected chi connectivity index (χ1v) is 14.5. The summed E-state index contributed by atoms with van der Waals surface area (Å²) in [5, 5.41) is 16.7. The van der Waals surface area contributed by atoms with Crippen molar-refractivity contribution >= 4 is 34.6 Å². The summed E-state index contributed by atoms with van der Waals surface area (Å²) in [6, 6.07) is 20.8. The maximum Gasteiger partial charge on any atom is 0.329 e. The van der Waals surface area contributed by atoms with Gasteiger partial charge in [-0.1, -0.05) is 18.2 Å². The molecule has 5 aromatic rings. The van der Waals surface area contributed by atoms with Crippen molar-refractivity contribution in [1.29, 1.82) is 0 Å². The van der Waals surface area contributed by atoms with Crippen LogP contribution in [0.1, 0.15) is 31.0 Å². The molecule has 0 atom stereocenters. The van der Waals surface area contributed by atoms with Crippen molar-refractivity contribution in [3.05, 3.63) is 78.8 Å². The Labute approximate surface area is 252 Å². The Morgan fingerprint density at radius 1 is 0.886 bits per heavy atom. The van der Waals surface area contributed by atoms with Gasteiger partial charge in [0.05, 0.1) is 17.1 Å². The van der Waals surface area contributed by atoms with E-state index in [1.54, 1.807) is 6.07 Å². The quantitative estimate of drug-likeness (QED) is 0.284. The Morgan fingerprint density at radius 3 is 2.39 bits per heavy atom. The molecule has 3 N–H and O–H groups in total. The minimum Gasteiger partial charge on any atom is -0.457 e. The molecule has 0 radical (unpaired) electrons. The summed E-state index contributed by atoms with van der Waals surface area (Å²) in [5.74, 6) is 2.05. The first-order chi connectivity index (χ1) is 21.5. The smallest absolute Gasteiger partial charge is 0.329 e. The fourth-order valence-corrected chi connectivity index (χ4v) is 5.67. The van der Waals surface area contributed by atoms with Gasteiger partial charge in [-0.2, -0.15) is 10.2 Å². The zero-order valence-electron chi connectivity index (χ0n) is 23.8. The highest BCUT2D eigenvalue weighted by Crippen LogP contribution is 2.35. The Morgan fingerprint density at radius 2 is 1.66 bits per heavy atom. The third-order valence-corrected chi connectivity index (χ3v) is 7.95. The predicted octanol–water partition coefficient (Wildman–Crippen LogP) is 3.94. The van der Waals surface area contributed by atoms with Crippen molar-refractivity contribution < 1.29 is 14.3 Å². The Hall–Kier alpha value is -5.43. The first-order valence-electron chi connectivity index (χ1n) is 14.5. The average molecular weight is 591 g/mol. The molecule has 222 valence electrons. The highest BCUT2D eigenvalue weighted by atomic mass is 16.5. The topological polar surface area (TPSA) is 157 Å². The number of likely N-dealkylation sites (tertiary alicyclic amines) is 1. The number of imide groups is 1. The van der Waals surface area contributed by atoms with Gasteiger partial charge in [0.2, 0.25) is 5.91 Å². The van der Waals surface area contributed by atoms with Crippen LogP contribution in [0, 0.1) is 0 Å². The van der Waals surface area contributed by atoms with Gasteiger partial charge in [-0.15, -0.1) is 5.10 Å². The molecule has 3 amide bonds. The number of hydrogen-bond donors (Lipinski definition) is 2. The van der Waals surface area contributed by atoms with Crippen molar-refractivity contribution in [2.45, 2.75) is 31.8 Å². The second-order valence-electron chi connectivity index (χ2n) is 10.8. The second-order valence-corrected chi connectivity index (χ2v) is 10.8. The zero-order valence-corrected chi connectivity index (χ0v) is 23.8. The molecule has 2 saturated heterocycles. The number of piperidine rings is 1. The summed E-state index contributed by atoms with van der Waals surface area (Å²) < 4.78 is 7.95. The van der Waals surface area contributed by atoms with Crippen molar-refractivity contribution in [2.24, 2.45) is 0 Å². The van der Waals surface area contributed by atoms with Crippen LogP contribution in [-0.4, -0.2) is 66.4 Å². The van der Waals surface area contributed by atoms with E-state index in [1.165, 1.54) is 11.2 Å². The van der Waals surface area contributed by atoms with Gasteiger partial charge in [0, 0.05) is 38.2 Å². The molecule has 44 heavy (non-hydrogen) atoms. The molecular weight excluding hydrogens is 560 g/mol. The van der Waals surface area contributed by atoms with E-state index >= 15 is 0 Å². The number of para-hydroxylation sites is 1. The number of benzene rings is 2. The number of nitrogens with two attached hydrogens (primary N) is 1. The summed E-state index contributed by atoms with van der Waals surface area (Å²) in [4.78, 5) is 36.1. The SMILES string of the molecule is Nc1ncnc2c1c(-c1ccc(Oc3ccccc3)cc1)nn2C1CCN(Cc2ccc(N3CCC(=O)NC3=O)nn2)CC1. The summed E-state index contributed by atoms with van der Waals surface area (Å²) in [6.07, 6.45) is 3.47. The largest absolute Gasteiger partial charge is 0.457 e. The lowest BCUT2D eigenvalue weighted by Gasteiger charge is -2.32. The maximum absolute atomic E-state index is 12.1. The molecule has 0 spiro atoms. The van der Waals surface area contributed by atoms with Gasteiger partial charge < -0.3 is 10.5 Å². The van der Waals surface area contributed by atoms with E-state index < -0.39 is 6.03 Å². The van der Waals surface area contributed by atoms with Gasteiger partial charge in [-0.25, -0.2) is 19.4 Å². The summed E-state index contributed by atoms with van der Waals surface area (Å²) >= 11 is 0. The second kappa shape index (κ2) is 11.7. The van der Waals surface area contributed by atoms with Crippen LogP contribution in [0.25, 0.3) is 22.3 Å². The zero-order chi connectivity index (χ0) is 30.0. The highest BCUT2D eigenvalue weighted by Gasteiger charge is 2.28. The summed E-state index contributed by atoms with van der Waals surface area (Å²) in [6.45, 7) is 2.62. The number of nitrogen functional groups attached to an aromatic ring is 1. The molecule has 13 nitrogen and oxygen atoms in total. The minimum absolute atomic E-state index is 0.145. The van der Waals surface area contributed by atoms with E-state index in [-0.39, 0.29) is 18.4 Å². The minimum atomic E-state index is -0.471. The number of carbonyl (C=O) groups is 2. The van der Waals surface area contributed by atoms with E-state index in [1.807, 2.05) is 65.3 Å². The molecule has 0 saturated carbocycles. The van der Waals surface area contributed by atoms with Crippen molar-refractivity contribution in [2.75, 3.05) is 30.3 Å². The molecule has 0 bridgehead atoms. The Bertz CT molecular complexity index is 1800. The number of amides is 3. The third kappa shape index (κ3) is 5.52. The van der Waals surface area contributed by atoms with Crippen LogP contribution in [0.4, 0.5) is 16.4 Å². The van der Waals surface area contributed by atoms with Gasteiger partial charge in [-0.3, -0.25) is 19.9 Å². The molecule has 0 aliphatic carbocycles. The maximum atomic E-state index is 12.1. The number of hydrogen-bond acceptors (Lipinski definition) is 10. The molecule has 2 fully saturated rings. The third-order valence-electron chi connectivity index (χ3n) is 7.95. The van der Waals surface area contributed by atoms with E-state index in [9.17, 15) is 9.59 Å². The summed E-state index contributed by atoms with van der Waals surface area (Å²) in [7, 11) is 0. The van der Waals surface area contributed by atoms with Crippen molar-refractivity contribution in [3.8, 4) is 22.8 Å². The Balaban J connectivity index is 1.04. The molecular formula is C31H30N10O3. The van der Waals surface area contributed by atoms with Crippen LogP contribution < -0.4 is 20.7 Å². The van der Waals surface area contributed by atoms with Crippen LogP contribution in [0.5, 0.6) is 11.5 Å². The van der Waals surface area contributed by atoms with Crippen molar-refractivity contribution in [3.63, 3.8) is 0 Å². The normalized spacial score (nSPS) is 16.3. The van der Waals surface area contributed by atoms with E-state index in [0.717, 1.165) is 65.4 Å². The molecule has 5 heterocycles. The number of rotatable bonds is 7. The van der Waals surface area contributed by atoms with Crippen molar-refractivity contribution in [1.82, 2.24) is 40.2 Å². The highest BCUT2D eigenvalue weighted by molar-refractivity contribution is 6.05. The molecule has 13 heteroatoms. The van der Waals surface area contributed by atoms with Gasteiger partial charge in [0.15, 0.2) is 11.5 Å². The molecule has 7 rings (SSSR count). The average Bonchev–Trinajstić information content (AvgIpc) is 3.44. The number of urea groups is 1. The van der Waals surface area contributed by atoms with Crippen LogP contribution >= 0.6 is 0 Å². The number of nitrogens with one attached hydrogen (secondary N) is 1. The van der Waals surface area contributed by atoms with Crippen LogP contribution in [0.15, 0.2) is 73.1 Å². The van der Waals surface area contributed by atoms with Crippen LogP contribution in [0.2, 0.25) is 0 Å². The van der Waals surface area contributed by atoms with Crippen LogP contribution in [0.3, 0.4) is 0 Å².